The van der Waals surface area contributed by atoms with Crippen molar-refractivity contribution in [2.45, 2.75) is 12.3 Å². The van der Waals surface area contributed by atoms with Gasteiger partial charge in [0.05, 0.1) is 0 Å². The van der Waals surface area contributed by atoms with Gasteiger partial charge in [0.1, 0.15) is 0 Å². The third kappa shape index (κ3) is 2.76. The van der Waals surface area contributed by atoms with E-state index in [0.717, 1.165) is 17.2 Å². The number of aliphatic imine (C=N–C) groups is 1. The molecule has 22 heavy (non-hydrogen) atoms. The highest BCUT2D eigenvalue weighted by Gasteiger charge is 2.13. The minimum atomic E-state index is -0.423. The summed E-state index contributed by atoms with van der Waals surface area (Å²) in [5, 5.41) is 2.16. The Labute approximate surface area is 128 Å². The number of guanidine groups is 1. The highest BCUT2D eigenvalue weighted by molar-refractivity contribution is 6.04. The Bertz CT molecular complexity index is 814. The average Bonchev–Trinajstić information content (AvgIpc) is 2.54. The molecule has 0 bridgehead atoms. The molecule has 0 fully saturated rings. The number of carbonyl (C=O) groups is 1. The second-order valence-corrected chi connectivity index (χ2v) is 5.28. The molecule has 2 aromatic carbocycles. The van der Waals surface area contributed by atoms with Gasteiger partial charge in [0.2, 0.25) is 0 Å². The summed E-state index contributed by atoms with van der Waals surface area (Å²) in [5.74, 6) is -0.279. The Kier molecular flexibility index (Phi) is 3.74. The minimum absolute atomic E-state index is 0.224. The third-order valence-corrected chi connectivity index (χ3v) is 3.77. The Morgan fingerprint density at radius 2 is 2.00 bits per heavy atom. The van der Waals surface area contributed by atoms with E-state index < -0.39 is 5.91 Å². The van der Waals surface area contributed by atoms with Crippen molar-refractivity contribution in [3.05, 3.63) is 71.8 Å². The zero-order chi connectivity index (χ0) is 15.5. The zero-order valence-electron chi connectivity index (χ0n) is 12.1. The molecular formula is C18H17N3O. The first-order chi connectivity index (χ1) is 10.6. The third-order valence-electron chi connectivity index (χ3n) is 3.77. The first-order valence-corrected chi connectivity index (χ1v) is 7.15. The number of hydrogen-bond donors (Lipinski definition) is 2. The lowest BCUT2D eigenvalue weighted by Gasteiger charge is -2.16. The molecule has 3 rings (SSSR count). The fourth-order valence-corrected chi connectivity index (χ4v) is 2.76. The van der Waals surface area contributed by atoms with Crippen LogP contribution in [0.5, 0.6) is 0 Å². The van der Waals surface area contributed by atoms with Crippen molar-refractivity contribution < 1.29 is 4.79 Å². The smallest absolute Gasteiger partial charge is 0.280 e. The Balaban J connectivity index is 2.04. The average molecular weight is 291 g/mol. The highest BCUT2D eigenvalue weighted by atomic mass is 16.1. The number of nitrogens with zero attached hydrogens (tertiary/aromatic N) is 1. The number of benzene rings is 2. The molecule has 2 aromatic rings. The second kappa shape index (κ2) is 5.85. The van der Waals surface area contributed by atoms with E-state index in [9.17, 15) is 4.79 Å². The van der Waals surface area contributed by atoms with Crippen LogP contribution in [0.15, 0.2) is 65.7 Å². The van der Waals surface area contributed by atoms with E-state index in [-0.39, 0.29) is 5.96 Å². The normalized spacial score (nSPS) is 16.6. The molecule has 0 aliphatic heterocycles. The summed E-state index contributed by atoms with van der Waals surface area (Å²) in [6.45, 7) is 0. The molecule has 4 N–H and O–H groups in total. The SMILES string of the molecule is NC(N)=NC(=O)c1ccc2c(C3C=CC=CC3)cccc2c1. The van der Waals surface area contributed by atoms with Crippen molar-refractivity contribution >= 4 is 22.6 Å². The molecule has 110 valence electrons. The monoisotopic (exact) mass is 291 g/mol. The lowest BCUT2D eigenvalue weighted by Crippen LogP contribution is -2.24. The summed E-state index contributed by atoms with van der Waals surface area (Å²) in [5.41, 5.74) is 12.3. The van der Waals surface area contributed by atoms with Crippen LogP contribution in [0.4, 0.5) is 0 Å². The molecule has 4 heteroatoms. The van der Waals surface area contributed by atoms with Crippen LogP contribution in [0.2, 0.25) is 0 Å². The maximum absolute atomic E-state index is 11.9. The van der Waals surface area contributed by atoms with Gasteiger partial charge in [-0.3, -0.25) is 4.79 Å². The van der Waals surface area contributed by atoms with Crippen molar-refractivity contribution in [1.29, 1.82) is 0 Å². The lowest BCUT2D eigenvalue weighted by molar-refractivity contribution is 0.100. The fraction of sp³-hybridized carbons (Fsp3) is 0.111. The van der Waals surface area contributed by atoms with Crippen LogP contribution in [0.3, 0.4) is 0 Å². The Morgan fingerprint density at radius 3 is 2.73 bits per heavy atom. The van der Waals surface area contributed by atoms with E-state index >= 15 is 0 Å². The molecule has 0 spiro atoms. The summed E-state index contributed by atoms with van der Waals surface area (Å²) < 4.78 is 0. The summed E-state index contributed by atoms with van der Waals surface area (Å²) >= 11 is 0. The van der Waals surface area contributed by atoms with Crippen LogP contribution >= 0.6 is 0 Å². The van der Waals surface area contributed by atoms with Crippen molar-refractivity contribution in [2.24, 2.45) is 16.5 Å². The van der Waals surface area contributed by atoms with Crippen molar-refractivity contribution in [1.82, 2.24) is 0 Å². The van der Waals surface area contributed by atoms with Gasteiger partial charge >= 0.3 is 0 Å². The van der Waals surface area contributed by atoms with Crippen molar-refractivity contribution in [3.63, 3.8) is 0 Å². The summed E-state index contributed by atoms with van der Waals surface area (Å²) in [4.78, 5) is 15.5. The van der Waals surface area contributed by atoms with Gasteiger partial charge in [0.25, 0.3) is 5.91 Å². The molecule has 0 saturated heterocycles. The van der Waals surface area contributed by atoms with Gasteiger partial charge in [-0.15, -0.1) is 0 Å². The van der Waals surface area contributed by atoms with Crippen molar-refractivity contribution in [3.8, 4) is 0 Å². The fourth-order valence-electron chi connectivity index (χ4n) is 2.76. The molecular weight excluding hydrogens is 274 g/mol. The summed E-state index contributed by atoms with van der Waals surface area (Å²) in [6.07, 6.45) is 9.49. The molecule has 1 amide bonds. The lowest BCUT2D eigenvalue weighted by atomic mass is 9.88. The number of rotatable bonds is 2. The summed E-state index contributed by atoms with van der Waals surface area (Å²) in [7, 11) is 0. The number of nitrogens with two attached hydrogens (primary N) is 2. The van der Waals surface area contributed by atoms with Gasteiger partial charge in [-0.2, -0.15) is 4.99 Å². The van der Waals surface area contributed by atoms with Gasteiger partial charge in [-0.1, -0.05) is 48.6 Å². The van der Waals surface area contributed by atoms with Crippen LogP contribution in [-0.4, -0.2) is 11.9 Å². The van der Waals surface area contributed by atoms with Crippen LogP contribution in [0.1, 0.15) is 28.3 Å². The van der Waals surface area contributed by atoms with E-state index in [2.05, 4.69) is 35.4 Å². The molecule has 1 aliphatic carbocycles. The van der Waals surface area contributed by atoms with Gasteiger partial charge in [0.15, 0.2) is 5.96 Å². The molecule has 1 unspecified atom stereocenters. The molecule has 1 aliphatic rings. The largest absolute Gasteiger partial charge is 0.370 e. The molecule has 1 atom stereocenters. The number of hydrogen-bond acceptors (Lipinski definition) is 1. The Hall–Kier alpha value is -2.88. The first kappa shape index (κ1) is 14.1. The maximum Gasteiger partial charge on any atom is 0.280 e. The zero-order valence-corrected chi connectivity index (χ0v) is 12.1. The van der Waals surface area contributed by atoms with E-state index in [1.807, 2.05) is 24.3 Å². The summed E-state index contributed by atoms with van der Waals surface area (Å²) in [6, 6.07) is 11.7. The molecule has 0 heterocycles. The number of amides is 1. The van der Waals surface area contributed by atoms with E-state index in [1.165, 1.54) is 5.56 Å². The van der Waals surface area contributed by atoms with E-state index in [4.69, 9.17) is 11.5 Å². The van der Waals surface area contributed by atoms with E-state index in [1.54, 1.807) is 6.07 Å². The number of fused-ring (bicyclic) bond motifs is 1. The quantitative estimate of drug-likeness (QED) is 0.659. The standard InChI is InChI=1S/C18H17N3O/c19-18(20)21-17(22)14-9-10-16-13(11-14)7-4-8-15(16)12-5-2-1-3-6-12/h1-5,7-12H,6H2,(H4,19,20,21,22). The van der Waals surface area contributed by atoms with Crippen molar-refractivity contribution in [2.75, 3.05) is 0 Å². The topological polar surface area (TPSA) is 81.5 Å². The molecule has 0 radical (unpaired) electrons. The van der Waals surface area contributed by atoms with Gasteiger partial charge in [-0.25, -0.2) is 0 Å². The van der Waals surface area contributed by atoms with Gasteiger partial charge < -0.3 is 11.5 Å². The number of allylic oxidation sites excluding steroid dienone is 4. The predicted molar refractivity (Wildman–Crippen MR) is 89.7 cm³/mol. The second-order valence-electron chi connectivity index (χ2n) is 5.28. The van der Waals surface area contributed by atoms with Crippen LogP contribution in [0.25, 0.3) is 10.8 Å². The van der Waals surface area contributed by atoms with Gasteiger partial charge in [-0.05, 0) is 34.9 Å². The molecule has 0 aromatic heterocycles. The highest BCUT2D eigenvalue weighted by Crippen LogP contribution is 2.31. The van der Waals surface area contributed by atoms with Crippen LogP contribution < -0.4 is 11.5 Å². The maximum atomic E-state index is 11.9. The molecule has 4 nitrogen and oxygen atoms in total. The Morgan fingerprint density at radius 1 is 1.14 bits per heavy atom. The van der Waals surface area contributed by atoms with E-state index in [0.29, 0.717) is 11.5 Å². The van der Waals surface area contributed by atoms with Gasteiger partial charge in [0, 0.05) is 11.5 Å². The van der Waals surface area contributed by atoms with Crippen LogP contribution in [-0.2, 0) is 0 Å². The number of carbonyl (C=O) groups excluding carboxylic acids is 1. The first-order valence-electron chi connectivity index (χ1n) is 7.15. The van der Waals surface area contributed by atoms with Crippen LogP contribution in [0, 0.1) is 0 Å². The molecule has 0 saturated carbocycles. The predicted octanol–water partition coefficient (Wildman–Crippen LogP) is 2.85. The minimum Gasteiger partial charge on any atom is -0.370 e.